The molecule has 0 fully saturated rings. The van der Waals surface area contributed by atoms with Crippen LogP contribution in [0.5, 0.6) is 5.75 Å². The minimum Gasteiger partial charge on any atom is -0.496 e. The number of carbonyl (C=O) groups is 2. The van der Waals surface area contributed by atoms with E-state index in [1.54, 1.807) is 12.1 Å². The number of benzene rings is 3. The molecule has 0 unspecified atom stereocenters. The lowest BCUT2D eigenvalue weighted by Gasteiger charge is -2.09. The molecule has 0 saturated heterocycles. The number of rotatable bonds is 5. The molecule has 0 aromatic heterocycles. The predicted octanol–water partition coefficient (Wildman–Crippen LogP) is 4.03. The van der Waals surface area contributed by atoms with Crippen LogP contribution in [-0.4, -0.2) is 25.5 Å². The summed E-state index contributed by atoms with van der Waals surface area (Å²) in [6, 6.07) is 16.3. The first kappa shape index (κ1) is 16.6. The van der Waals surface area contributed by atoms with Gasteiger partial charge in [-0.25, -0.2) is 9.18 Å². The van der Waals surface area contributed by atoms with Gasteiger partial charge >= 0.3 is 5.97 Å². The Labute approximate surface area is 143 Å². The molecule has 25 heavy (non-hydrogen) atoms. The molecule has 0 aliphatic heterocycles. The van der Waals surface area contributed by atoms with Gasteiger partial charge in [0.1, 0.15) is 11.6 Å². The number of esters is 1. The van der Waals surface area contributed by atoms with Crippen LogP contribution in [0, 0.1) is 5.82 Å². The van der Waals surface area contributed by atoms with Gasteiger partial charge in [-0.3, -0.25) is 4.79 Å². The first-order valence-electron chi connectivity index (χ1n) is 7.62. The first-order valence-corrected chi connectivity index (χ1v) is 7.62. The lowest BCUT2D eigenvalue weighted by atomic mass is 10.0. The van der Waals surface area contributed by atoms with E-state index < -0.39 is 24.2 Å². The third kappa shape index (κ3) is 3.50. The Balaban J connectivity index is 1.78. The number of Topliss-reactive ketones (excluding diaryl/α,β-unsaturated/α-hetero) is 1. The van der Waals surface area contributed by atoms with E-state index in [1.165, 1.54) is 19.2 Å². The van der Waals surface area contributed by atoms with E-state index in [4.69, 9.17) is 9.47 Å². The SMILES string of the molecule is COc1ccc(F)cc1C(=O)COC(=O)c1cccc2ccccc12. The van der Waals surface area contributed by atoms with Gasteiger partial charge in [0.2, 0.25) is 5.78 Å². The average molecular weight is 338 g/mol. The van der Waals surface area contributed by atoms with Crippen molar-refractivity contribution in [3.8, 4) is 5.75 Å². The summed E-state index contributed by atoms with van der Waals surface area (Å²) in [7, 11) is 1.38. The monoisotopic (exact) mass is 338 g/mol. The molecule has 0 heterocycles. The van der Waals surface area contributed by atoms with Gasteiger partial charge in [-0.2, -0.15) is 0 Å². The molecule has 0 saturated carbocycles. The Kier molecular flexibility index (Phi) is 4.75. The Bertz CT molecular complexity index is 944. The minimum atomic E-state index is -0.611. The summed E-state index contributed by atoms with van der Waals surface area (Å²) < 4.78 is 23.5. The molecule has 0 radical (unpaired) electrons. The van der Waals surface area contributed by atoms with Crippen molar-refractivity contribution in [2.75, 3.05) is 13.7 Å². The fourth-order valence-electron chi connectivity index (χ4n) is 2.59. The maximum absolute atomic E-state index is 13.4. The molecular weight excluding hydrogens is 323 g/mol. The van der Waals surface area contributed by atoms with E-state index in [1.807, 2.05) is 30.3 Å². The third-order valence-electron chi connectivity index (χ3n) is 3.81. The van der Waals surface area contributed by atoms with Crippen LogP contribution in [0.4, 0.5) is 4.39 Å². The molecule has 3 aromatic rings. The van der Waals surface area contributed by atoms with Gasteiger partial charge in [0.15, 0.2) is 6.61 Å². The molecule has 0 spiro atoms. The summed E-state index contributed by atoms with van der Waals surface area (Å²) in [6.07, 6.45) is 0. The second-order valence-corrected chi connectivity index (χ2v) is 5.37. The van der Waals surface area contributed by atoms with Crippen molar-refractivity contribution in [1.82, 2.24) is 0 Å². The van der Waals surface area contributed by atoms with Crippen LogP contribution < -0.4 is 4.74 Å². The summed E-state index contributed by atoms with van der Waals surface area (Å²) in [4.78, 5) is 24.6. The number of fused-ring (bicyclic) bond motifs is 1. The molecule has 4 nitrogen and oxygen atoms in total. The minimum absolute atomic E-state index is 0.0354. The van der Waals surface area contributed by atoms with Gasteiger partial charge in [-0.15, -0.1) is 0 Å². The number of carbonyl (C=O) groups excluding carboxylic acids is 2. The smallest absolute Gasteiger partial charge is 0.339 e. The molecule has 126 valence electrons. The van der Waals surface area contributed by atoms with E-state index in [0.717, 1.165) is 16.8 Å². The Hall–Kier alpha value is -3.21. The van der Waals surface area contributed by atoms with Gasteiger partial charge < -0.3 is 9.47 Å². The summed E-state index contributed by atoms with van der Waals surface area (Å²) in [6.45, 7) is -0.498. The van der Waals surface area contributed by atoms with E-state index in [9.17, 15) is 14.0 Å². The maximum Gasteiger partial charge on any atom is 0.339 e. The molecule has 0 aliphatic rings. The average Bonchev–Trinajstić information content (AvgIpc) is 2.65. The lowest BCUT2D eigenvalue weighted by molar-refractivity contribution is 0.0476. The Morgan fingerprint density at radius 3 is 2.52 bits per heavy atom. The van der Waals surface area contributed by atoms with Gasteiger partial charge in [0.05, 0.1) is 18.2 Å². The number of halogens is 1. The van der Waals surface area contributed by atoms with Crippen LogP contribution in [0.3, 0.4) is 0 Å². The lowest BCUT2D eigenvalue weighted by Crippen LogP contribution is -2.15. The molecule has 0 aliphatic carbocycles. The molecule has 0 amide bonds. The van der Waals surface area contributed by atoms with Crippen molar-refractivity contribution in [1.29, 1.82) is 0 Å². The van der Waals surface area contributed by atoms with E-state index in [-0.39, 0.29) is 11.3 Å². The summed E-state index contributed by atoms with van der Waals surface area (Å²) in [5.41, 5.74) is 0.408. The van der Waals surface area contributed by atoms with Crippen LogP contribution in [0.25, 0.3) is 10.8 Å². The van der Waals surface area contributed by atoms with E-state index in [0.29, 0.717) is 5.56 Å². The van der Waals surface area contributed by atoms with Crippen LogP contribution in [0.1, 0.15) is 20.7 Å². The number of ether oxygens (including phenoxy) is 2. The molecule has 3 rings (SSSR count). The summed E-state index contributed by atoms with van der Waals surface area (Å²) in [5, 5.41) is 1.64. The van der Waals surface area contributed by atoms with Crippen molar-refractivity contribution in [2.24, 2.45) is 0 Å². The Morgan fingerprint density at radius 2 is 1.72 bits per heavy atom. The van der Waals surface area contributed by atoms with Crippen molar-refractivity contribution in [3.05, 3.63) is 77.6 Å². The number of hydrogen-bond acceptors (Lipinski definition) is 4. The quantitative estimate of drug-likeness (QED) is 0.521. The number of hydrogen-bond donors (Lipinski definition) is 0. The molecular formula is C20H15FO4. The van der Waals surface area contributed by atoms with E-state index >= 15 is 0 Å². The second kappa shape index (κ2) is 7.13. The normalized spacial score (nSPS) is 10.5. The van der Waals surface area contributed by atoms with Crippen LogP contribution in [-0.2, 0) is 4.74 Å². The predicted molar refractivity (Wildman–Crippen MR) is 91.5 cm³/mol. The standard InChI is InChI=1S/C20H15FO4/c1-24-19-10-9-14(21)11-17(19)18(22)12-25-20(23)16-8-4-6-13-5-2-3-7-15(13)16/h2-11H,12H2,1H3. The number of ketones is 1. The van der Waals surface area contributed by atoms with Crippen LogP contribution in [0.2, 0.25) is 0 Å². The first-order chi connectivity index (χ1) is 12.1. The van der Waals surface area contributed by atoms with Gasteiger partial charge in [0.25, 0.3) is 0 Å². The maximum atomic E-state index is 13.4. The zero-order chi connectivity index (χ0) is 17.8. The van der Waals surface area contributed by atoms with Crippen LogP contribution in [0.15, 0.2) is 60.7 Å². The van der Waals surface area contributed by atoms with Gasteiger partial charge in [-0.05, 0) is 35.0 Å². The second-order valence-electron chi connectivity index (χ2n) is 5.37. The highest BCUT2D eigenvalue weighted by molar-refractivity contribution is 6.06. The Morgan fingerprint density at radius 1 is 0.960 bits per heavy atom. The van der Waals surface area contributed by atoms with Crippen molar-refractivity contribution in [3.63, 3.8) is 0 Å². The largest absolute Gasteiger partial charge is 0.496 e. The zero-order valence-corrected chi connectivity index (χ0v) is 13.5. The highest BCUT2D eigenvalue weighted by Crippen LogP contribution is 2.21. The molecule has 0 N–H and O–H groups in total. The fourth-order valence-corrected chi connectivity index (χ4v) is 2.59. The molecule has 0 bridgehead atoms. The topological polar surface area (TPSA) is 52.6 Å². The van der Waals surface area contributed by atoms with E-state index in [2.05, 4.69) is 0 Å². The summed E-state index contributed by atoms with van der Waals surface area (Å²) >= 11 is 0. The fraction of sp³-hybridized carbons (Fsp3) is 0.100. The van der Waals surface area contributed by atoms with Crippen molar-refractivity contribution in [2.45, 2.75) is 0 Å². The zero-order valence-electron chi connectivity index (χ0n) is 13.5. The third-order valence-corrected chi connectivity index (χ3v) is 3.81. The summed E-state index contributed by atoms with van der Waals surface area (Å²) in [5.74, 6) is -1.48. The highest BCUT2D eigenvalue weighted by atomic mass is 19.1. The van der Waals surface area contributed by atoms with Crippen LogP contribution >= 0.6 is 0 Å². The highest BCUT2D eigenvalue weighted by Gasteiger charge is 2.17. The number of methoxy groups -OCH3 is 1. The molecule has 3 aromatic carbocycles. The molecule has 5 heteroatoms. The van der Waals surface area contributed by atoms with Crippen molar-refractivity contribution >= 4 is 22.5 Å². The van der Waals surface area contributed by atoms with Gasteiger partial charge in [-0.1, -0.05) is 36.4 Å². The molecule has 0 atom stereocenters. The van der Waals surface area contributed by atoms with Crippen molar-refractivity contribution < 1.29 is 23.5 Å². The van der Waals surface area contributed by atoms with Gasteiger partial charge in [0, 0.05) is 0 Å².